The lowest BCUT2D eigenvalue weighted by Crippen LogP contribution is -2.53. The second-order valence-electron chi connectivity index (χ2n) is 7.21. The molecule has 0 saturated heterocycles. The quantitative estimate of drug-likeness (QED) is 0.617. The maximum absolute atomic E-state index is 15.4. The van der Waals surface area contributed by atoms with Gasteiger partial charge < -0.3 is 19.9 Å². The summed E-state index contributed by atoms with van der Waals surface area (Å²) in [5.41, 5.74) is 2.89. The topological polar surface area (TPSA) is 123 Å². The average Bonchev–Trinajstić information content (AvgIpc) is 2.62. The number of nitrogens with zero attached hydrogens (tertiary/aromatic N) is 2. The Morgan fingerprint density at radius 3 is 2.29 bits per heavy atom. The predicted octanol–water partition coefficient (Wildman–Crippen LogP) is 1.47. The van der Waals surface area contributed by atoms with Crippen molar-refractivity contribution in [2.75, 3.05) is 19.5 Å². The van der Waals surface area contributed by atoms with Crippen LogP contribution in [0.3, 0.4) is 0 Å². The highest BCUT2D eigenvalue weighted by Crippen LogP contribution is 2.30. The average molecular weight is 401 g/mol. The normalized spacial score (nSPS) is 15.8. The van der Waals surface area contributed by atoms with Crippen molar-refractivity contribution in [1.29, 1.82) is 0 Å². The maximum atomic E-state index is 15.4. The van der Waals surface area contributed by atoms with Gasteiger partial charge in [0, 0.05) is 13.3 Å². The molecule has 0 fully saturated rings. The number of nitrogen functional groups attached to an aromatic ring is 1. The molecule has 1 rings (SSSR count). The number of carbonyl (C=O) groups excluding carboxylic acids is 2. The summed E-state index contributed by atoms with van der Waals surface area (Å²) < 4.78 is 31.8. The number of hydrogen-bond acceptors (Lipinski definition) is 8. The van der Waals surface area contributed by atoms with Crippen molar-refractivity contribution in [1.82, 2.24) is 9.55 Å². The Morgan fingerprint density at radius 1 is 1.25 bits per heavy atom. The second kappa shape index (κ2) is 9.63. The van der Waals surface area contributed by atoms with Crippen LogP contribution in [0.5, 0.6) is 0 Å². The number of halogens is 1. The molecule has 2 N–H and O–H groups in total. The Labute approximate surface area is 163 Å². The summed E-state index contributed by atoms with van der Waals surface area (Å²) in [7, 11) is 1.26. The lowest BCUT2D eigenvalue weighted by Gasteiger charge is -2.37. The third-order valence-electron chi connectivity index (χ3n) is 4.12. The Morgan fingerprint density at radius 2 is 1.82 bits per heavy atom. The van der Waals surface area contributed by atoms with Crippen molar-refractivity contribution in [3.8, 4) is 0 Å². The van der Waals surface area contributed by atoms with Crippen LogP contribution in [0, 0.1) is 11.8 Å². The van der Waals surface area contributed by atoms with E-state index in [2.05, 4.69) is 4.98 Å². The highest BCUT2D eigenvalue weighted by atomic mass is 19.1. The first-order chi connectivity index (χ1) is 12.9. The summed E-state index contributed by atoms with van der Waals surface area (Å²) in [6, 6.07) is 1.23. The van der Waals surface area contributed by atoms with Crippen LogP contribution in [0.15, 0.2) is 17.1 Å². The molecule has 28 heavy (non-hydrogen) atoms. The SMILES string of the molecule is CO[C@](C)(COC(=O)C(C)C)[C@@H](OC(=O)C(C)C)[C@@H](F)n1ccc(N)nc1=O. The van der Waals surface area contributed by atoms with Crippen LogP contribution in [-0.4, -0.2) is 46.9 Å². The summed E-state index contributed by atoms with van der Waals surface area (Å²) in [5, 5.41) is 0. The van der Waals surface area contributed by atoms with Crippen LogP contribution in [0.2, 0.25) is 0 Å². The van der Waals surface area contributed by atoms with Crippen LogP contribution in [0.1, 0.15) is 40.9 Å². The molecule has 158 valence electrons. The number of aromatic nitrogens is 2. The molecule has 0 aliphatic carbocycles. The summed E-state index contributed by atoms with van der Waals surface area (Å²) in [6.45, 7) is 7.45. The lowest BCUT2D eigenvalue weighted by molar-refractivity contribution is -0.200. The van der Waals surface area contributed by atoms with E-state index in [1.165, 1.54) is 20.1 Å². The van der Waals surface area contributed by atoms with Gasteiger partial charge in [0.1, 0.15) is 18.0 Å². The first kappa shape index (κ1) is 23.5. The molecular formula is C18H28FN3O6. The molecule has 0 saturated carbocycles. The van der Waals surface area contributed by atoms with Gasteiger partial charge in [0.25, 0.3) is 0 Å². The Balaban J connectivity index is 3.29. The highest BCUT2D eigenvalue weighted by Gasteiger charge is 2.46. The number of hydrogen-bond donors (Lipinski definition) is 1. The summed E-state index contributed by atoms with van der Waals surface area (Å²) in [6.07, 6.45) is -2.66. The van der Waals surface area contributed by atoms with Gasteiger partial charge in [0.2, 0.25) is 6.30 Å². The van der Waals surface area contributed by atoms with E-state index < -0.39 is 54.1 Å². The Hall–Kier alpha value is -2.49. The predicted molar refractivity (Wildman–Crippen MR) is 99.0 cm³/mol. The molecule has 0 aliphatic heterocycles. The van der Waals surface area contributed by atoms with Gasteiger partial charge in [-0.3, -0.25) is 14.2 Å². The highest BCUT2D eigenvalue weighted by molar-refractivity contribution is 5.72. The fourth-order valence-electron chi connectivity index (χ4n) is 2.13. The monoisotopic (exact) mass is 401 g/mol. The van der Waals surface area contributed by atoms with Crippen LogP contribution >= 0.6 is 0 Å². The smallest absolute Gasteiger partial charge is 0.351 e. The third-order valence-corrected chi connectivity index (χ3v) is 4.12. The minimum Gasteiger partial charge on any atom is -0.462 e. The van der Waals surface area contributed by atoms with E-state index in [4.69, 9.17) is 19.9 Å². The minimum atomic E-state index is -2.16. The lowest BCUT2D eigenvalue weighted by atomic mass is 9.98. The largest absolute Gasteiger partial charge is 0.462 e. The molecule has 0 amide bonds. The molecule has 1 aromatic heterocycles. The van der Waals surface area contributed by atoms with E-state index in [9.17, 15) is 14.4 Å². The van der Waals surface area contributed by atoms with Gasteiger partial charge >= 0.3 is 17.6 Å². The molecule has 3 atom stereocenters. The van der Waals surface area contributed by atoms with Gasteiger partial charge in [0.15, 0.2) is 6.10 Å². The van der Waals surface area contributed by atoms with E-state index in [0.29, 0.717) is 4.57 Å². The first-order valence-corrected chi connectivity index (χ1v) is 8.84. The van der Waals surface area contributed by atoms with Crippen molar-refractivity contribution in [2.45, 2.75) is 52.6 Å². The molecule has 0 unspecified atom stereocenters. The summed E-state index contributed by atoms with van der Waals surface area (Å²) >= 11 is 0. The fraction of sp³-hybridized carbons (Fsp3) is 0.667. The standard InChI is InChI=1S/C18H28FN3O6/c1-10(2)15(23)27-9-18(5,26-6)13(28-16(24)11(3)4)14(19)22-8-7-12(20)21-17(22)25/h7-8,10-11,13-14H,9H2,1-6H3,(H2,20,21,25)/t13-,14-,18+/m0/s1. The van der Waals surface area contributed by atoms with Gasteiger partial charge in [-0.2, -0.15) is 4.98 Å². The Bertz CT molecular complexity index is 751. The van der Waals surface area contributed by atoms with Gasteiger partial charge in [-0.15, -0.1) is 0 Å². The number of alkyl halides is 1. The van der Waals surface area contributed by atoms with Crippen molar-refractivity contribution in [2.24, 2.45) is 11.8 Å². The number of nitrogens with two attached hydrogens (primary N) is 1. The van der Waals surface area contributed by atoms with Gasteiger partial charge in [0.05, 0.1) is 11.8 Å². The summed E-state index contributed by atoms with van der Waals surface area (Å²) in [4.78, 5) is 39.5. The number of rotatable bonds is 9. The molecule has 1 heterocycles. The number of esters is 2. The van der Waals surface area contributed by atoms with E-state index in [1.807, 2.05) is 0 Å². The number of carbonyl (C=O) groups is 2. The zero-order valence-corrected chi connectivity index (χ0v) is 17.0. The molecule has 9 nitrogen and oxygen atoms in total. The molecular weight excluding hydrogens is 373 g/mol. The fourth-order valence-corrected chi connectivity index (χ4v) is 2.13. The van der Waals surface area contributed by atoms with Crippen LogP contribution in [0.25, 0.3) is 0 Å². The number of methoxy groups -OCH3 is 1. The zero-order chi connectivity index (χ0) is 21.6. The third kappa shape index (κ3) is 5.75. The van der Waals surface area contributed by atoms with Crippen LogP contribution < -0.4 is 11.4 Å². The first-order valence-electron chi connectivity index (χ1n) is 8.84. The minimum absolute atomic E-state index is 0.0791. The van der Waals surface area contributed by atoms with Crippen molar-refractivity contribution < 1.29 is 28.2 Å². The van der Waals surface area contributed by atoms with E-state index in [1.54, 1.807) is 27.7 Å². The van der Waals surface area contributed by atoms with Crippen molar-refractivity contribution >= 4 is 17.8 Å². The second-order valence-corrected chi connectivity index (χ2v) is 7.21. The van der Waals surface area contributed by atoms with Crippen LogP contribution in [0.4, 0.5) is 10.2 Å². The number of ether oxygens (including phenoxy) is 3. The molecule has 0 bridgehead atoms. The molecule has 1 aromatic rings. The van der Waals surface area contributed by atoms with Gasteiger partial charge in [-0.1, -0.05) is 27.7 Å². The van der Waals surface area contributed by atoms with E-state index >= 15 is 4.39 Å². The van der Waals surface area contributed by atoms with Crippen LogP contribution in [-0.2, 0) is 23.8 Å². The number of anilines is 1. The van der Waals surface area contributed by atoms with Crippen molar-refractivity contribution in [3.63, 3.8) is 0 Å². The molecule has 10 heteroatoms. The maximum Gasteiger partial charge on any atom is 0.351 e. The molecule has 0 radical (unpaired) electrons. The summed E-state index contributed by atoms with van der Waals surface area (Å²) in [5.74, 6) is -2.29. The van der Waals surface area contributed by atoms with E-state index in [-0.39, 0.29) is 5.82 Å². The Kier molecular flexibility index (Phi) is 8.10. The zero-order valence-electron chi connectivity index (χ0n) is 17.0. The van der Waals surface area contributed by atoms with E-state index in [0.717, 1.165) is 6.20 Å². The van der Waals surface area contributed by atoms with Crippen molar-refractivity contribution in [3.05, 3.63) is 22.7 Å². The molecule has 0 aromatic carbocycles. The van der Waals surface area contributed by atoms with Gasteiger partial charge in [-0.05, 0) is 13.0 Å². The van der Waals surface area contributed by atoms with Gasteiger partial charge in [-0.25, -0.2) is 9.18 Å². The molecule has 0 spiro atoms. The molecule has 0 aliphatic rings.